The van der Waals surface area contributed by atoms with E-state index in [4.69, 9.17) is 9.68 Å². The molecule has 0 aliphatic rings. The molecule has 1 aromatic rings. The van der Waals surface area contributed by atoms with Gasteiger partial charge in [-0.15, -0.1) is 0 Å². The minimum atomic E-state index is 0.535. The molecule has 1 aromatic heterocycles. The van der Waals surface area contributed by atoms with Gasteiger partial charge in [0.15, 0.2) is 0 Å². The number of nitriles is 1. The summed E-state index contributed by atoms with van der Waals surface area (Å²) < 4.78 is 4.92. The molecule has 1 heterocycles. The number of hydrogen-bond donors (Lipinski definition) is 0. The molecule has 0 saturated carbocycles. The third-order valence-corrected chi connectivity index (χ3v) is 1.71. The predicted molar refractivity (Wildman–Crippen MR) is 37.5 cm³/mol. The highest BCUT2D eigenvalue weighted by molar-refractivity contribution is 7.99. The summed E-state index contributed by atoms with van der Waals surface area (Å²) in [4.78, 5) is 3.87. The number of thioether (sulfide) groups is 1. The Morgan fingerprint density at radius 3 is 3.30 bits per heavy atom. The zero-order valence-corrected chi connectivity index (χ0v) is 6.10. The van der Waals surface area contributed by atoms with Crippen LogP contribution in [-0.2, 0) is 0 Å². The smallest absolute Gasteiger partial charge is 0.255 e. The molecule has 0 bridgehead atoms. The molecule has 0 aliphatic heterocycles. The Morgan fingerprint density at radius 1 is 1.80 bits per heavy atom. The molecule has 0 atom stereocenters. The lowest BCUT2D eigenvalue weighted by Gasteiger charge is -1.87. The van der Waals surface area contributed by atoms with E-state index in [2.05, 4.69) is 4.98 Å². The number of hydrogen-bond acceptors (Lipinski definition) is 4. The Kier molecular flexibility index (Phi) is 2.84. The van der Waals surface area contributed by atoms with Crippen LogP contribution in [0.2, 0.25) is 0 Å². The standard InChI is InChI=1S/C6H6N2OS/c7-2-1-5-10-6-8-3-4-9-6/h3-4H,1,5H2. The van der Waals surface area contributed by atoms with Crippen molar-refractivity contribution in [2.45, 2.75) is 11.6 Å². The summed E-state index contributed by atoms with van der Waals surface area (Å²) in [6, 6.07) is 2.04. The van der Waals surface area contributed by atoms with E-state index in [1.807, 2.05) is 6.07 Å². The quantitative estimate of drug-likeness (QED) is 0.491. The number of oxazole rings is 1. The second-order valence-corrected chi connectivity index (χ2v) is 2.60. The molecule has 1 rings (SSSR count). The van der Waals surface area contributed by atoms with Gasteiger partial charge in [0, 0.05) is 12.2 Å². The average molecular weight is 154 g/mol. The van der Waals surface area contributed by atoms with Crippen molar-refractivity contribution in [3.8, 4) is 6.07 Å². The minimum absolute atomic E-state index is 0.535. The molecule has 0 amide bonds. The third kappa shape index (κ3) is 2.11. The van der Waals surface area contributed by atoms with Crippen LogP contribution in [0.4, 0.5) is 0 Å². The summed E-state index contributed by atoms with van der Waals surface area (Å²) in [5, 5.41) is 8.82. The van der Waals surface area contributed by atoms with E-state index in [1.54, 1.807) is 6.20 Å². The van der Waals surface area contributed by atoms with E-state index >= 15 is 0 Å². The molecule has 10 heavy (non-hydrogen) atoms. The maximum Gasteiger partial charge on any atom is 0.255 e. The monoisotopic (exact) mass is 154 g/mol. The molecule has 4 heteroatoms. The molecule has 0 aromatic carbocycles. The summed E-state index contributed by atoms with van der Waals surface area (Å²) in [5.41, 5.74) is 0. The number of aromatic nitrogens is 1. The first-order valence-electron chi connectivity index (χ1n) is 2.82. The van der Waals surface area contributed by atoms with Crippen LogP contribution >= 0.6 is 11.8 Å². The zero-order chi connectivity index (χ0) is 7.23. The lowest BCUT2D eigenvalue weighted by Crippen LogP contribution is -1.75. The fourth-order valence-electron chi connectivity index (χ4n) is 0.466. The van der Waals surface area contributed by atoms with Gasteiger partial charge in [0.05, 0.1) is 12.3 Å². The maximum atomic E-state index is 8.18. The fourth-order valence-corrected chi connectivity index (χ4v) is 1.09. The Balaban J connectivity index is 2.23. The van der Waals surface area contributed by atoms with E-state index in [0.717, 1.165) is 5.75 Å². The predicted octanol–water partition coefficient (Wildman–Crippen LogP) is 1.68. The molecule has 0 saturated heterocycles. The van der Waals surface area contributed by atoms with Gasteiger partial charge < -0.3 is 4.42 Å². The summed E-state index contributed by atoms with van der Waals surface area (Å²) in [5.74, 6) is 0.747. The van der Waals surface area contributed by atoms with Gasteiger partial charge in [-0.3, -0.25) is 0 Å². The molecular formula is C6H6N2OS. The Labute approximate surface area is 63.1 Å². The van der Waals surface area contributed by atoms with E-state index in [-0.39, 0.29) is 0 Å². The fraction of sp³-hybridized carbons (Fsp3) is 0.333. The maximum absolute atomic E-state index is 8.18. The van der Waals surface area contributed by atoms with Crippen LogP contribution in [-0.4, -0.2) is 10.7 Å². The lowest BCUT2D eigenvalue weighted by molar-refractivity contribution is 0.454. The van der Waals surface area contributed by atoms with Crippen molar-refractivity contribution < 1.29 is 4.42 Å². The molecule has 52 valence electrons. The van der Waals surface area contributed by atoms with Gasteiger partial charge in [-0.1, -0.05) is 11.8 Å². The first kappa shape index (κ1) is 7.16. The largest absolute Gasteiger partial charge is 0.440 e. The number of nitrogens with zero attached hydrogens (tertiary/aromatic N) is 2. The summed E-state index contributed by atoms with van der Waals surface area (Å²) >= 11 is 1.45. The average Bonchev–Trinajstić information content (AvgIpc) is 2.41. The first-order chi connectivity index (χ1) is 4.93. The van der Waals surface area contributed by atoms with Crippen molar-refractivity contribution in [1.82, 2.24) is 4.98 Å². The highest BCUT2D eigenvalue weighted by atomic mass is 32.2. The zero-order valence-electron chi connectivity index (χ0n) is 5.28. The van der Waals surface area contributed by atoms with E-state index in [1.165, 1.54) is 18.0 Å². The van der Waals surface area contributed by atoms with Crippen molar-refractivity contribution in [3.63, 3.8) is 0 Å². The van der Waals surface area contributed by atoms with Crippen LogP contribution < -0.4 is 0 Å². The molecule has 0 aliphatic carbocycles. The summed E-state index contributed by atoms with van der Waals surface area (Å²) in [6.45, 7) is 0. The Hall–Kier alpha value is -0.950. The van der Waals surface area contributed by atoms with Crippen molar-refractivity contribution >= 4 is 11.8 Å². The van der Waals surface area contributed by atoms with E-state index < -0.39 is 0 Å². The van der Waals surface area contributed by atoms with Crippen LogP contribution in [0.15, 0.2) is 22.1 Å². The van der Waals surface area contributed by atoms with Crippen molar-refractivity contribution in [2.24, 2.45) is 0 Å². The van der Waals surface area contributed by atoms with Gasteiger partial charge in [0.2, 0.25) is 0 Å². The first-order valence-corrected chi connectivity index (χ1v) is 3.81. The van der Waals surface area contributed by atoms with Gasteiger partial charge in [-0.25, -0.2) is 4.98 Å². The molecular weight excluding hydrogens is 148 g/mol. The highest BCUT2D eigenvalue weighted by Gasteiger charge is 1.95. The SMILES string of the molecule is N#CCCSc1ncco1. The summed E-state index contributed by atoms with van der Waals surface area (Å²) in [6.07, 6.45) is 3.65. The third-order valence-electron chi connectivity index (χ3n) is 0.849. The Morgan fingerprint density at radius 2 is 2.70 bits per heavy atom. The highest BCUT2D eigenvalue weighted by Crippen LogP contribution is 2.14. The van der Waals surface area contributed by atoms with Crippen LogP contribution in [0, 0.1) is 11.3 Å². The molecule has 0 radical (unpaired) electrons. The lowest BCUT2D eigenvalue weighted by atomic mass is 10.6. The van der Waals surface area contributed by atoms with Crippen LogP contribution in [0.25, 0.3) is 0 Å². The molecule has 0 spiro atoms. The van der Waals surface area contributed by atoms with Crippen LogP contribution in [0.5, 0.6) is 0 Å². The van der Waals surface area contributed by atoms with E-state index in [9.17, 15) is 0 Å². The topological polar surface area (TPSA) is 49.8 Å². The van der Waals surface area contributed by atoms with Gasteiger partial charge in [0.25, 0.3) is 5.22 Å². The van der Waals surface area contributed by atoms with E-state index in [0.29, 0.717) is 11.6 Å². The molecule has 0 unspecified atom stereocenters. The second-order valence-electron chi connectivity index (χ2n) is 1.55. The minimum Gasteiger partial charge on any atom is -0.440 e. The second kappa shape index (κ2) is 3.96. The van der Waals surface area contributed by atoms with Gasteiger partial charge in [-0.05, 0) is 0 Å². The molecule has 0 fully saturated rings. The normalized spacial score (nSPS) is 9.10. The van der Waals surface area contributed by atoms with Crippen molar-refractivity contribution in [1.29, 1.82) is 5.26 Å². The van der Waals surface area contributed by atoms with Crippen molar-refractivity contribution in [2.75, 3.05) is 5.75 Å². The van der Waals surface area contributed by atoms with Crippen LogP contribution in [0.1, 0.15) is 6.42 Å². The number of rotatable bonds is 3. The van der Waals surface area contributed by atoms with Crippen LogP contribution in [0.3, 0.4) is 0 Å². The molecule has 0 N–H and O–H groups in total. The van der Waals surface area contributed by atoms with Crippen molar-refractivity contribution in [3.05, 3.63) is 12.5 Å². The van der Waals surface area contributed by atoms with Gasteiger partial charge in [-0.2, -0.15) is 5.26 Å². The van der Waals surface area contributed by atoms with Gasteiger partial charge in [0.1, 0.15) is 6.26 Å². The summed E-state index contributed by atoms with van der Waals surface area (Å²) in [7, 11) is 0. The molecule has 3 nitrogen and oxygen atoms in total. The Bertz CT molecular complexity index is 214. The van der Waals surface area contributed by atoms with Gasteiger partial charge >= 0.3 is 0 Å².